The second-order valence-electron chi connectivity index (χ2n) is 8.81. The molecule has 0 saturated heterocycles. The maximum Gasteiger partial charge on any atom is 0.304 e. The van der Waals surface area contributed by atoms with E-state index in [1.807, 2.05) is 26.0 Å². The van der Waals surface area contributed by atoms with Crippen LogP contribution in [0.25, 0.3) is 0 Å². The van der Waals surface area contributed by atoms with E-state index in [0.717, 1.165) is 12.0 Å². The molecule has 0 atom stereocenters. The maximum atomic E-state index is 11.1. The second-order valence-corrected chi connectivity index (χ2v) is 8.81. The van der Waals surface area contributed by atoms with Gasteiger partial charge in [0.05, 0.1) is 6.42 Å². The summed E-state index contributed by atoms with van der Waals surface area (Å²) in [6, 6.07) is 5.62. The molecule has 1 rings (SSSR count). The number of hydrogen-bond donors (Lipinski definition) is 2. The van der Waals surface area contributed by atoms with Gasteiger partial charge in [-0.15, -0.1) is 0 Å². The summed E-state index contributed by atoms with van der Waals surface area (Å²) < 4.78 is 0. The first-order valence-electron chi connectivity index (χ1n) is 7.80. The van der Waals surface area contributed by atoms with Crippen molar-refractivity contribution >= 4 is 5.97 Å². The van der Waals surface area contributed by atoms with Crippen LogP contribution in [-0.4, -0.2) is 16.2 Å². The van der Waals surface area contributed by atoms with Crippen molar-refractivity contribution in [1.82, 2.24) is 0 Å². The van der Waals surface area contributed by atoms with E-state index in [1.54, 1.807) is 6.07 Å². The third-order valence-electron chi connectivity index (χ3n) is 4.07. The van der Waals surface area contributed by atoms with Crippen LogP contribution in [0.3, 0.4) is 0 Å². The minimum absolute atomic E-state index is 0.0102. The normalized spacial score (nSPS) is 13.2. The fraction of sp³-hybridized carbons (Fsp3) is 0.632. The van der Waals surface area contributed by atoms with Gasteiger partial charge in [0.15, 0.2) is 0 Å². The zero-order valence-electron chi connectivity index (χ0n) is 14.9. The van der Waals surface area contributed by atoms with Crippen molar-refractivity contribution in [2.24, 2.45) is 5.41 Å². The van der Waals surface area contributed by atoms with E-state index in [0.29, 0.717) is 5.56 Å². The number of benzene rings is 1. The Balaban J connectivity index is 3.27. The summed E-state index contributed by atoms with van der Waals surface area (Å²) in [4.78, 5) is 11.1. The van der Waals surface area contributed by atoms with Crippen molar-refractivity contribution < 1.29 is 15.0 Å². The molecule has 0 spiro atoms. The highest BCUT2D eigenvalue weighted by atomic mass is 16.4. The Morgan fingerprint density at radius 2 is 1.55 bits per heavy atom. The Labute approximate surface area is 134 Å². The largest absolute Gasteiger partial charge is 0.508 e. The van der Waals surface area contributed by atoms with Crippen molar-refractivity contribution in [1.29, 1.82) is 0 Å². The van der Waals surface area contributed by atoms with Crippen LogP contribution in [0.1, 0.15) is 72.4 Å². The quantitative estimate of drug-likeness (QED) is 0.817. The fourth-order valence-corrected chi connectivity index (χ4v) is 3.40. The first kappa shape index (κ1) is 18.5. The third-order valence-corrected chi connectivity index (χ3v) is 4.07. The molecule has 0 unspecified atom stereocenters. The van der Waals surface area contributed by atoms with E-state index < -0.39 is 11.4 Å². The maximum absolute atomic E-state index is 11.1. The number of aromatic hydroxyl groups is 1. The van der Waals surface area contributed by atoms with E-state index in [4.69, 9.17) is 5.11 Å². The lowest BCUT2D eigenvalue weighted by molar-refractivity contribution is -0.138. The van der Waals surface area contributed by atoms with Gasteiger partial charge >= 0.3 is 5.97 Å². The summed E-state index contributed by atoms with van der Waals surface area (Å²) in [6.45, 7) is 14.7. The summed E-state index contributed by atoms with van der Waals surface area (Å²) in [5, 5.41) is 19.3. The number of hydrogen-bond acceptors (Lipinski definition) is 2. The Hall–Kier alpha value is -1.51. The van der Waals surface area contributed by atoms with Crippen molar-refractivity contribution in [3.8, 4) is 5.75 Å². The van der Waals surface area contributed by atoms with Crippen LogP contribution in [0.5, 0.6) is 5.75 Å². The van der Waals surface area contributed by atoms with Gasteiger partial charge in [-0.3, -0.25) is 4.79 Å². The average molecular weight is 306 g/mol. The SMILES string of the molecule is CC(C)(C)CC(C)(C)c1ccc(O)c(C(C)(C)CC(=O)O)c1. The zero-order valence-corrected chi connectivity index (χ0v) is 14.9. The molecular formula is C19H30O3. The second kappa shape index (κ2) is 5.94. The predicted molar refractivity (Wildman–Crippen MR) is 90.5 cm³/mol. The number of aliphatic carboxylic acids is 1. The van der Waals surface area contributed by atoms with E-state index in [-0.39, 0.29) is 23.0 Å². The van der Waals surface area contributed by atoms with Crippen molar-refractivity contribution in [2.45, 2.75) is 72.1 Å². The molecule has 0 heterocycles. The molecule has 0 aliphatic heterocycles. The van der Waals surface area contributed by atoms with Crippen molar-refractivity contribution in [3.05, 3.63) is 29.3 Å². The summed E-state index contributed by atoms with van der Waals surface area (Å²) in [5.41, 5.74) is 1.38. The molecule has 2 N–H and O–H groups in total. The number of carboxylic acids is 1. The molecule has 0 fully saturated rings. The Morgan fingerprint density at radius 1 is 1.00 bits per heavy atom. The number of rotatable bonds is 5. The standard InChI is InChI=1S/C19H30O3/c1-17(2,3)12-19(6,7)13-8-9-15(20)14(10-13)18(4,5)11-16(21)22/h8-10,20H,11-12H2,1-7H3,(H,21,22). The van der Waals surface area contributed by atoms with Gasteiger partial charge in [-0.1, -0.05) is 60.6 Å². The van der Waals surface area contributed by atoms with E-state index in [9.17, 15) is 9.90 Å². The molecule has 3 nitrogen and oxygen atoms in total. The number of phenolic OH excluding ortho intramolecular Hbond substituents is 1. The van der Waals surface area contributed by atoms with Crippen molar-refractivity contribution in [2.75, 3.05) is 0 Å². The number of phenols is 1. The van der Waals surface area contributed by atoms with Crippen LogP contribution in [0.15, 0.2) is 18.2 Å². The minimum Gasteiger partial charge on any atom is -0.508 e. The molecule has 0 radical (unpaired) electrons. The first-order valence-corrected chi connectivity index (χ1v) is 7.80. The minimum atomic E-state index is -0.858. The summed E-state index contributed by atoms with van der Waals surface area (Å²) in [6.07, 6.45) is 0.993. The highest BCUT2D eigenvalue weighted by molar-refractivity contribution is 5.69. The predicted octanol–water partition coefficient (Wildman–Crippen LogP) is 4.86. The molecule has 0 amide bonds. The van der Waals surface area contributed by atoms with Crippen LogP contribution in [0, 0.1) is 5.41 Å². The van der Waals surface area contributed by atoms with Crippen LogP contribution in [0.2, 0.25) is 0 Å². The highest BCUT2D eigenvalue weighted by Crippen LogP contribution is 2.40. The molecule has 1 aromatic rings. The molecule has 0 bridgehead atoms. The van der Waals surface area contributed by atoms with Gasteiger partial charge in [0, 0.05) is 11.0 Å². The fourth-order valence-electron chi connectivity index (χ4n) is 3.40. The molecule has 3 heteroatoms. The van der Waals surface area contributed by atoms with E-state index >= 15 is 0 Å². The summed E-state index contributed by atoms with van der Waals surface area (Å²) in [7, 11) is 0. The Morgan fingerprint density at radius 3 is 2.00 bits per heavy atom. The van der Waals surface area contributed by atoms with Crippen LogP contribution in [-0.2, 0) is 15.6 Å². The molecule has 124 valence electrons. The summed E-state index contributed by atoms with van der Waals surface area (Å²) >= 11 is 0. The lowest BCUT2D eigenvalue weighted by atomic mass is 9.70. The monoisotopic (exact) mass is 306 g/mol. The lowest BCUT2D eigenvalue weighted by Gasteiger charge is -2.34. The van der Waals surface area contributed by atoms with Crippen molar-refractivity contribution in [3.63, 3.8) is 0 Å². The summed E-state index contributed by atoms with van der Waals surface area (Å²) in [5.74, 6) is -0.690. The van der Waals surface area contributed by atoms with Crippen LogP contribution < -0.4 is 0 Å². The Kier molecular flexibility index (Phi) is 5.01. The lowest BCUT2D eigenvalue weighted by Crippen LogP contribution is -2.26. The van der Waals surface area contributed by atoms with Gasteiger partial charge in [-0.2, -0.15) is 0 Å². The zero-order chi connectivity index (χ0) is 17.3. The topological polar surface area (TPSA) is 57.5 Å². The molecule has 1 aromatic carbocycles. The van der Waals surface area contributed by atoms with Crippen LogP contribution in [0.4, 0.5) is 0 Å². The number of carboxylic acid groups (broad SMARTS) is 1. The third kappa shape index (κ3) is 4.75. The average Bonchev–Trinajstić information content (AvgIpc) is 2.23. The molecule has 0 aliphatic rings. The number of carbonyl (C=O) groups is 1. The van der Waals surface area contributed by atoms with Gasteiger partial charge in [0.1, 0.15) is 5.75 Å². The van der Waals surface area contributed by atoms with Gasteiger partial charge in [-0.05, 0) is 28.9 Å². The van der Waals surface area contributed by atoms with Gasteiger partial charge < -0.3 is 10.2 Å². The Bertz CT molecular complexity index is 548. The molecular weight excluding hydrogens is 276 g/mol. The highest BCUT2D eigenvalue weighted by Gasteiger charge is 2.31. The molecule has 0 aromatic heterocycles. The van der Waals surface area contributed by atoms with Crippen LogP contribution >= 0.6 is 0 Å². The van der Waals surface area contributed by atoms with Gasteiger partial charge in [0.25, 0.3) is 0 Å². The van der Waals surface area contributed by atoms with Gasteiger partial charge in [0.2, 0.25) is 0 Å². The first-order chi connectivity index (χ1) is 9.74. The van der Waals surface area contributed by atoms with E-state index in [1.165, 1.54) is 0 Å². The van der Waals surface area contributed by atoms with Gasteiger partial charge in [-0.25, -0.2) is 0 Å². The molecule has 0 saturated carbocycles. The van der Waals surface area contributed by atoms with E-state index in [2.05, 4.69) is 34.6 Å². The smallest absolute Gasteiger partial charge is 0.304 e. The molecule has 0 aliphatic carbocycles. The molecule has 22 heavy (non-hydrogen) atoms.